The fourth-order valence-corrected chi connectivity index (χ4v) is 2.56. The van der Waals surface area contributed by atoms with Crippen molar-refractivity contribution in [2.24, 2.45) is 0 Å². The van der Waals surface area contributed by atoms with Gasteiger partial charge in [0.15, 0.2) is 0 Å². The van der Waals surface area contributed by atoms with Gasteiger partial charge in [0, 0.05) is 0 Å². The topological polar surface area (TPSA) is 73.3 Å². The Morgan fingerprint density at radius 3 is 2.20 bits per heavy atom. The van der Waals surface area contributed by atoms with Crippen molar-refractivity contribution in [1.82, 2.24) is 9.55 Å². The molecule has 0 bridgehead atoms. The summed E-state index contributed by atoms with van der Waals surface area (Å²) >= 11 is 0. The molecule has 0 radical (unpaired) electrons. The molecule has 1 saturated heterocycles. The molecule has 0 spiro atoms. The zero-order chi connectivity index (χ0) is 18.4. The van der Waals surface area contributed by atoms with Gasteiger partial charge < -0.3 is 9.31 Å². The van der Waals surface area contributed by atoms with Gasteiger partial charge in [-0.05, 0) is 38.7 Å². The number of benzene rings is 1. The maximum atomic E-state index is 13.3. The first-order valence-corrected chi connectivity index (χ1v) is 8.03. The third kappa shape index (κ3) is 3.32. The number of hydrogen-bond acceptors (Lipinski definition) is 4. The van der Waals surface area contributed by atoms with E-state index in [1.165, 1.54) is 0 Å². The highest BCUT2D eigenvalue weighted by Crippen LogP contribution is 2.36. The van der Waals surface area contributed by atoms with Crippen LogP contribution in [0.2, 0.25) is 0 Å². The second kappa shape index (κ2) is 5.96. The average molecular weight is 346 g/mol. The first kappa shape index (κ1) is 17.6. The summed E-state index contributed by atoms with van der Waals surface area (Å²) in [7, 11) is -0.465. The summed E-state index contributed by atoms with van der Waals surface area (Å²) < 4.78 is 26.4. The summed E-state index contributed by atoms with van der Waals surface area (Å²) in [5.41, 5.74) is -0.858. The Morgan fingerprint density at radius 2 is 1.64 bits per heavy atom. The molecule has 1 aliphatic rings. The maximum Gasteiger partial charge on any atom is 0.494 e. The first-order chi connectivity index (χ1) is 11.6. The second-order valence-corrected chi connectivity index (χ2v) is 7.19. The molecule has 6 nitrogen and oxygen atoms in total. The first-order valence-electron chi connectivity index (χ1n) is 8.03. The SMILES string of the molecule is CC1(C)OB(c2ccc(Cn3cc(F)c(=O)[nH]c3=O)cc2)OC1(C)C. The van der Waals surface area contributed by atoms with Gasteiger partial charge in [-0.25, -0.2) is 4.79 Å². The van der Waals surface area contributed by atoms with Crippen molar-refractivity contribution in [2.45, 2.75) is 45.4 Å². The highest BCUT2D eigenvalue weighted by Gasteiger charge is 2.51. The molecule has 1 aromatic carbocycles. The Kier molecular flexibility index (Phi) is 4.21. The van der Waals surface area contributed by atoms with Crippen LogP contribution in [0.4, 0.5) is 4.39 Å². The van der Waals surface area contributed by atoms with Crippen molar-refractivity contribution < 1.29 is 13.7 Å². The molecule has 1 fully saturated rings. The third-order valence-electron chi connectivity index (χ3n) is 4.83. The number of hydrogen-bond donors (Lipinski definition) is 1. The Hall–Kier alpha value is -2.19. The lowest BCUT2D eigenvalue weighted by Crippen LogP contribution is -2.41. The number of nitrogens with one attached hydrogen (secondary N) is 1. The predicted octanol–water partition coefficient (Wildman–Crippen LogP) is 1.02. The summed E-state index contributed by atoms with van der Waals surface area (Å²) in [5, 5.41) is 0. The van der Waals surface area contributed by atoms with Crippen LogP contribution in [0.1, 0.15) is 33.3 Å². The Bertz CT molecular complexity index is 886. The lowest BCUT2D eigenvalue weighted by molar-refractivity contribution is 0.00578. The van der Waals surface area contributed by atoms with E-state index >= 15 is 0 Å². The van der Waals surface area contributed by atoms with Crippen molar-refractivity contribution in [3.63, 3.8) is 0 Å². The van der Waals surface area contributed by atoms with Gasteiger partial charge in [0.2, 0.25) is 5.82 Å². The van der Waals surface area contributed by atoms with Crippen molar-refractivity contribution in [1.29, 1.82) is 0 Å². The molecule has 8 heteroatoms. The fraction of sp³-hybridized carbons (Fsp3) is 0.412. The highest BCUT2D eigenvalue weighted by molar-refractivity contribution is 6.62. The van der Waals surface area contributed by atoms with Crippen LogP contribution in [0.3, 0.4) is 0 Å². The number of rotatable bonds is 3. The quantitative estimate of drug-likeness (QED) is 0.843. The summed E-state index contributed by atoms with van der Waals surface area (Å²) in [5.74, 6) is -0.992. The molecule has 0 aliphatic carbocycles. The van der Waals surface area contributed by atoms with Gasteiger partial charge in [-0.2, -0.15) is 4.39 Å². The molecule has 1 N–H and O–H groups in total. The number of nitrogens with zero attached hydrogens (tertiary/aromatic N) is 1. The van der Waals surface area contributed by atoms with Gasteiger partial charge in [-0.3, -0.25) is 14.3 Å². The standard InChI is InChI=1S/C17H20BFN2O4/c1-16(2)17(3,4)25-18(24-16)12-7-5-11(6-8-12)9-21-10-13(19)14(22)20-15(21)23/h5-8,10H,9H2,1-4H3,(H,20,22,23). The second-order valence-electron chi connectivity index (χ2n) is 7.19. The molecule has 2 heterocycles. The molecule has 3 rings (SSSR count). The summed E-state index contributed by atoms with van der Waals surface area (Å²) in [6.07, 6.45) is 0.906. The number of aromatic amines is 1. The van der Waals surface area contributed by atoms with E-state index in [4.69, 9.17) is 9.31 Å². The van der Waals surface area contributed by atoms with Gasteiger partial charge in [0.05, 0.1) is 23.9 Å². The Balaban J connectivity index is 1.79. The highest BCUT2D eigenvalue weighted by atomic mass is 19.1. The molecule has 0 saturated carbocycles. The summed E-state index contributed by atoms with van der Waals surface area (Å²) in [4.78, 5) is 24.7. The average Bonchev–Trinajstić information content (AvgIpc) is 2.74. The number of H-pyrrole nitrogens is 1. The molecule has 0 atom stereocenters. The van der Waals surface area contributed by atoms with Crippen LogP contribution in [0.15, 0.2) is 40.1 Å². The summed E-state index contributed by atoms with van der Waals surface area (Å²) in [6.45, 7) is 8.09. The van der Waals surface area contributed by atoms with Gasteiger partial charge >= 0.3 is 12.8 Å². The molecule has 0 unspecified atom stereocenters. The Labute approximate surface area is 144 Å². The normalized spacial score (nSPS) is 18.5. The molecular formula is C17H20BFN2O4. The zero-order valence-corrected chi connectivity index (χ0v) is 14.6. The minimum Gasteiger partial charge on any atom is -0.399 e. The van der Waals surface area contributed by atoms with Crippen LogP contribution < -0.4 is 16.7 Å². The van der Waals surface area contributed by atoms with Gasteiger partial charge in [0.1, 0.15) is 0 Å². The van der Waals surface area contributed by atoms with Crippen LogP contribution in [0.5, 0.6) is 0 Å². The smallest absolute Gasteiger partial charge is 0.399 e. The van der Waals surface area contributed by atoms with Crippen molar-refractivity contribution in [3.8, 4) is 0 Å². The number of halogens is 1. The minimum absolute atomic E-state index is 0.149. The molecule has 1 aliphatic heterocycles. The van der Waals surface area contributed by atoms with Crippen LogP contribution in [-0.2, 0) is 15.9 Å². The van der Waals surface area contributed by atoms with E-state index in [2.05, 4.69) is 0 Å². The van der Waals surface area contributed by atoms with Gasteiger partial charge in [-0.1, -0.05) is 24.3 Å². The molecular weight excluding hydrogens is 326 g/mol. The largest absolute Gasteiger partial charge is 0.494 e. The maximum absolute atomic E-state index is 13.3. The monoisotopic (exact) mass is 346 g/mol. The Morgan fingerprint density at radius 1 is 1.08 bits per heavy atom. The van der Waals surface area contributed by atoms with Gasteiger partial charge in [0.25, 0.3) is 5.56 Å². The molecule has 2 aromatic rings. The van der Waals surface area contributed by atoms with Crippen LogP contribution in [0.25, 0.3) is 0 Å². The van der Waals surface area contributed by atoms with E-state index in [0.717, 1.165) is 21.8 Å². The molecule has 1 aromatic heterocycles. The lowest BCUT2D eigenvalue weighted by Gasteiger charge is -2.32. The summed E-state index contributed by atoms with van der Waals surface area (Å²) in [6, 6.07) is 7.33. The molecule has 132 valence electrons. The van der Waals surface area contributed by atoms with Crippen LogP contribution in [-0.4, -0.2) is 27.9 Å². The van der Waals surface area contributed by atoms with E-state index in [-0.39, 0.29) is 6.54 Å². The van der Waals surface area contributed by atoms with Crippen molar-refractivity contribution in [3.05, 3.63) is 62.7 Å². The van der Waals surface area contributed by atoms with Crippen molar-refractivity contribution in [2.75, 3.05) is 0 Å². The minimum atomic E-state index is -1.02. The third-order valence-corrected chi connectivity index (χ3v) is 4.83. The van der Waals surface area contributed by atoms with E-state index < -0.39 is 35.4 Å². The predicted molar refractivity (Wildman–Crippen MR) is 92.5 cm³/mol. The molecule has 0 amide bonds. The van der Waals surface area contributed by atoms with E-state index in [1.807, 2.05) is 56.9 Å². The van der Waals surface area contributed by atoms with E-state index in [9.17, 15) is 14.0 Å². The molecule has 25 heavy (non-hydrogen) atoms. The van der Waals surface area contributed by atoms with E-state index in [1.54, 1.807) is 0 Å². The fourth-order valence-electron chi connectivity index (χ4n) is 2.56. The van der Waals surface area contributed by atoms with Crippen LogP contribution >= 0.6 is 0 Å². The van der Waals surface area contributed by atoms with Crippen LogP contribution in [0, 0.1) is 5.82 Å². The van der Waals surface area contributed by atoms with E-state index in [0.29, 0.717) is 0 Å². The van der Waals surface area contributed by atoms with Gasteiger partial charge in [-0.15, -0.1) is 0 Å². The lowest BCUT2D eigenvalue weighted by atomic mass is 9.79. The number of aromatic nitrogens is 2. The van der Waals surface area contributed by atoms with Crippen molar-refractivity contribution >= 4 is 12.6 Å². The zero-order valence-electron chi connectivity index (χ0n) is 14.6.